The van der Waals surface area contributed by atoms with Gasteiger partial charge in [-0.05, 0) is 352 Å². The van der Waals surface area contributed by atoms with Crippen molar-refractivity contribution in [1.29, 1.82) is 0 Å². The molecule has 16 aliphatic rings. The molecule has 0 spiro atoms. The van der Waals surface area contributed by atoms with Crippen molar-refractivity contribution >= 4 is 69.3 Å². The zero-order chi connectivity index (χ0) is 50.3. The fourth-order valence-corrected chi connectivity index (χ4v) is 22.8. The van der Waals surface area contributed by atoms with Crippen LogP contribution < -0.4 is 42.5 Å². The average molecular weight is 1090 g/mol. The van der Waals surface area contributed by atoms with Crippen LogP contribution in [0.15, 0.2) is 0 Å². The van der Waals surface area contributed by atoms with Gasteiger partial charge in [0.15, 0.2) is 20.4 Å². The van der Waals surface area contributed by atoms with Crippen molar-refractivity contribution in [3.63, 3.8) is 0 Å². The fourth-order valence-electron chi connectivity index (χ4n) is 21.6. The maximum absolute atomic E-state index is 6.00. The van der Waals surface area contributed by atoms with E-state index in [2.05, 4.69) is 52.3 Å². The third kappa shape index (κ3) is 13.1. The summed E-state index contributed by atoms with van der Waals surface area (Å²) >= 11 is 24.0. The van der Waals surface area contributed by atoms with Crippen molar-refractivity contribution in [2.24, 2.45) is 71.0 Å². The first-order valence-electron chi connectivity index (χ1n) is 31.6. The average Bonchev–Trinajstić information content (AvgIpc) is 3.31. The molecule has 0 radical (unpaired) electrons. The Morgan fingerprint density at radius 2 is 0.432 bits per heavy atom. The lowest BCUT2D eigenvalue weighted by Gasteiger charge is -2.57. The minimum absolute atomic E-state index is 0.263. The van der Waals surface area contributed by atoms with Crippen LogP contribution in [0.4, 0.5) is 0 Å². The molecule has 16 saturated carbocycles. The van der Waals surface area contributed by atoms with E-state index in [9.17, 15) is 0 Å². The van der Waals surface area contributed by atoms with Crippen molar-refractivity contribution in [3.05, 3.63) is 0 Å². The second-order valence-electron chi connectivity index (χ2n) is 29.1. The lowest BCUT2D eigenvalue weighted by molar-refractivity contribution is -0.0103. The van der Waals surface area contributed by atoms with Gasteiger partial charge in [0.05, 0.1) is 0 Å². The minimum atomic E-state index is 0.263. The maximum atomic E-state index is 6.00. The standard InChI is InChI=1S/C60H100N10S4/c71-53(65-57-29-41-17-42(30-57)19-43(18-41)31-57)61-7-3-13-69(14-4-8-62-54(72)66-58-32-44-20-45(33-58)22-46(21-44)34-58)11-1-2-12-70(15-5-9-63-55(73)67-59-35-47-23-48(36-59)25-49(24-47)37-59)16-6-10-64-56(74)68-60-38-50-26-51(39-60)28-52(27-50)40-60/h41-52H,1-40H2,(H2,61,65,71)(H2,62,66,72)(H2,63,67,73)(H2,64,68,74). The smallest absolute Gasteiger partial charge is 0.166 e. The zero-order valence-electron chi connectivity index (χ0n) is 45.7. The van der Waals surface area contributed by atoms with Crippen LogP contribution in [0.5, 0.6) is 0 Å². The Kier molecular flexibility index (Phi) is 16.6. The quantitative estimate of drug-likeness (QED) is 0.0329. The van der Waals surface area contributed by atoms with Crippen LogP contribution in [-0.2, 0) is 0 Å². The number of unbranched alkanes of at least 4 members (excludes halogenated alkanes) is 1. The number of nitrogens with one attached hydrogen (secondary N) is 8. The minimum Gasteiger partial charge on any atom is -0.363 e. The molecule has 0 heterocycles. The van der Waals surface area contributed by atoms with Gasteiger partial charge in [0.25, 0.3) is 0 Å². The first-order chi connectivity index (χ1) is 35.9. The van der Waals surface area contributed by atoms with Crippen LogP contribution in [-0.4, -0.2) is 118 Å². The van der Waals surface area contributed by atoms with E-state index in [-0.39, 0.29) is 22.2 Å². The molecule has 10 nitrogen and oxygen atoms in total. The summed E-state index contributed by atoms with van der Waals surface area (Å²) in [6.07, 6.45) is 40.4. The second-order valence-corrected chi connectivity index (χ2v) is 30.8. The van der Waals surface area contributed by atoms with Gasteiger partial charge in [-0.2, -0.15) is 0 Å². The van der Waals surface area contributed by atoms with Gasteiger partial charge in [-0.25, -0.2) is 0 Å². The van der Waals surface area contributed by atoms with Crippen LogP contribution >= 0.6 is 48.9 Å². The molecule has 0 aromatic carbocycles. The summed E-state index contributed by atoms with van der Waals surface area (Å²) < 4.78 is 0. The van der Waals surface area contributed by atoms with Crippen LogP contribution in [0.1, 0.15) is 193 Å². The molecular formula is C60H100N10S4. The lowest BCUT2D eigenvalue weighted by atomic mass is 9.53. The molecule has 0 amide bonds. The van der Waals surface area contributed by atoms with E-state index in [1.54, 1.807) is 0 Å². The van der Waals surface area contributed by atoms with E-state index in [0.717, 1.165) is 183 Å². The molecule has 0 unspecified atom stereocenters. The van der Waals surface area contributed by atoms with E-state index in [4.69, 9.17) is 48.9 Å². The van der Waals surface area contributed by atoms with Crippen molar-refractivity contribution in [1.82, 2.24) is 52.3 Å². The van der Waals surface area contributed by atoms with Gasteiger partial charge in [-0.15, -0.1) is 0 Å². The maximum Gasteiger partial charge on any atom is 0.166 e. The highest BCUT2D eigenvalue weighted by Crippen LogP contribution is 2.59. The fraction of sp³-hybridized carbons (Fsp3) is 0.933. The monoisotopic (exact) mass is 1090 g/mol. The van der Waals surface area contributed by atoms with E-state index in [1.165, 1.54) is 167 Å². The Hall–Kier alpha value is -1.32. The summed E-state index contributed by atoms with van der Waals surface area (Å²) in [4.78, 5) is 5.48. The van der Waals surface area contributed by atoms with Crippen LogP contribution in [0.3, 0.4) is 0 Å². The molecule has 16 aliphatic carbocycles. The van der Waals surface area contributed by atoms with E-state index < -0.39 is 0 Å². The third-order valence-corrected chi connectivity index (χ3v) is 23.6. The number of thiocarbonyl (C=S) groups is 4. The highest BCUT2D eigenvalue weighted by atomic mass is 32.1. The Balaban J connectivity index is 0.605. The van der Waals surface area contributed by atoms with Gasteiger partial charge in [-0.1, -0.05) is 0 Å². The van der Waals surface area contributed by atoms with E-state index in [0.29, 0.717) is 0 Å². The Bertz CT molecular complexity index is 1580. The number of hydrogen-bond donors (Lipinski definition) is 8. The lowest BCUT2D eigenvalue weighted by Crippen LogP contribution is -2.61. The first-order valence-corrected chi connectivity index (χ1v) is 33.2. The van der Waals surface area contributed by atoms with Gasteiger partial charge in [-0.3, -0.25) is 0 Å². The van der Waals surface area contributed by atoms with Crippen molar-refractivity contribution in [2.45, 2.75) is 215 Å². The molecule has 0 aromatic rings. The van der Waals surface area contributed by atoms with Gasteiger partial charge in [0.2, 0.25) is 0 Å². The molecule has 0 atom stereocenters. The number of nitrogens with zero attached hydrogens (tertiary/aromatic N) is 2. The molecule has 74 heavy (non-hydrogen) atoms. The Morgan fingerprint density at radius 3 is 0.608 bits per heavy atom. The molecule has 14 heteroatoms. The molecule has 8 N–H and O–H groups in total. The van der Waals surface area contributed by atoms with Gasteiger partial charge >= 0.3 is 0 Å². The molecule has 16 fully saturated rings. The summed E-state index contributed by atoms with van der Waals surface area (Å²) in [6.45, 7) is 10.4. The SMILES string of the molecule is S=C(NCCCN(CCCCN(CCCNC(=S)NC12CC3CC(CC(C3)C1)C2)CCCNC(=S)NC12CC3CC(CC(C3)C1)C2)CCCNC(=S)NC12CC3CC(CC(C3)C1)C2)NC12CC3CC(CC(C3)C1)C2. The van der Waals surface area contributed by atoms with Crippen LogP contribution in [0.2, 0.25) is 0 Å². The predicted molar refractivity (Wildman–Crippen MR) is 319 cm³/mol. The van der Waals surface area contributed by atoms with E-state index in [1.807, 2.05) is 0 Å². The predicted octanol–water partition coefficient (Wildman–Crippen LogP) is 9.66. The van der Waals surface area contributed by atoms with Gasteiger partial charge in [0.1, 0.15) is 0 Å². The second kappa shape index (κ2) is 23.0. The van der Waals surface area contributed by atoms with Gasteiger partial charge in [0, 0.05) is 48.3 Å². The van der Waals surface area contributed by atoms with Crippen molar-refractivity contribution in [2.75, 3.05) is 65.4 Å². The number of rotatable bonds is 25. The number of hydrogen-bond acceptors (Lipinski definition) is 6. The molecule has 0 saturated heterocycles. The Labute approximate surface area is 470 Å². The summed E-state index contributed by atoms with van der Waals surface area (Å²) in [7, 11) is 0. The van der Waals surface area contributed by atoms with Gasteiger partial charge < -0.3 is 52.3 Å². The zero-order valence-corrected chi connectivity index (χ0v) is 49.0. The van der Waals surface area contributed by atoms with Crippen molar-refractivity contribution in [3.8, 4) is 0 Å². The van der Waals surface area contributed by atoms with Crippen molar-refractivity contribution < 1.29 is 0 Å². The highest BCUT2D eigenvalue weighted by molar-refractivity contribution is 7.80. The molecule has 0 aromatic heterocycles. The first kappa shape index (κ1) is 53.3. The summed E-state index contributed by atoms with van der Waals surface area (Å²) in [5, 5.41) is 34.0. The summed E-state index contributed by atoms with van der Waals surface area (Å²) in [5.74, 6) is 11.1. The Morgan fingerprint density at radius 1 is 0.270 bits per heavy atom. The normalized spacial score (nSPS) is 40.9. The molecule has 16 rings (SSSR count). The summed E-state index contributed by atoms with van der Waals surface area (Å²) in [6, 6.07) is 0. The molecule has 414 valence electrons. The largest absolute Gasteiger partial charge is 0.363 e. The molecular weight excluding hydrogens is 989 g/mol. The summed E-state index contributed by atoms with van der Waals surface area (Å²) in [5.41, 5.74) is 1.05. The molecule has 16 bridgehead atoms. The molecule has 0 aliphatic heterocycles. The van der Waals surface area contributed by atoms with Crippen LogP contribution in [0.25, 0.3) is 0 Å². The van der Waals surface area contributed by atoms with Crippen LogP contribution in [0, 0.1) is 71.0 Å². The topological polar surface area (TPSA) is 103 Å². The highest BCUT2D eigenvalue weighted by Gasteiger charge is 2.54. The van der Waals surface area contributed by atoms with E-state index >= 15 is 0 Å². The third-order valence-electron chi connectivity index (χ3n) is 22.6.